The number of aromatic nitrogens is 2. The first-order chi connectivity index (χ1) is 9.20. The van der Waals surface area contributed by atoms with Gasteiger partial charge in [-0.3, -0.25) is 4.68 Å². The van der Waals surface area contributed by atoms with Crippen molar-refractivity contribution in [3.8, 4) is 5.75 Å². The van der Waals surface area contributed by atoms with Gasteiger partial charge in [-0.1, -0.05) is 0 Å². The average Bonchev–Trinajstić information content (AvgIpc) is 2.87. The third-order valence-electron chi connectivity index (χ3n) is 2.67. The summed E-state index contributed by atoms with van der Waals surface area (Å²) in [4.78, 5) is 0. The predicted molar refractivity (Wildman–Crippen MR) is 82.3 cm³/mol. The molecule has 2 aromatic rings. The SMILES string of the molecule is COc1c(Br)cc(CNCCn2cccn2)cc1Br. The van der Waals surface area contributed by atoms with Crippen molar-refractivity contribution in [2.75, 3.05) is 13.7 Å². The molecule has 0 atom stereocenters. The van der Waals surface area contributed by atoms with Gasteiger partial charge < -0.3 is 10.1 Å². The zero-order chi connectivity index (χ0) is 13.7. The maximum absolute atomic E-state index is 5.28. The van der Waals surface area contributed by atoms with Crippen molar-refractivity contribution in [2.45, 2.75) is 13.1 Å². The molecule has 1 N–H and O–H groups in total. The van der Waals surface area contributed by atoms with Gasteiger partial charge in [-0.15, -0.1) is 0 Å². The second kappa shape index (κ2) is 7.07. The fourth-order valence-electron chi connectivity index (χ4n) is 1.77. The molecule has 0 fully saturated rings. The number of methoxy groups -OCH3 is 1. The summed E-state index contributed by atoms with van der Waals surface area (Å²) in [7, 11) is 1.66. The Bertz CT molecular complexity index is 506. The van der Waals surface area contributed by atoms with Crippen molar-refractivity contribution >= 4 is 31.9 Å². The van der Waals surface area contributed by atoms with E-state index in [0.717, 1.165) is 34.3 Å². The van der Waals surface area contributed by atoms with Crippen molar-refractivity contribution in [1.29, 1.82) is 0 Å². The van der Waals surface area contributed by atoms with Crippen LogP contribution >= 0.6 is 31.9 Å². The largest absolute Gasteiger partial charge is 0.494 e. The van der Waals surface area contributed by atoms with E-state index >= 15 is 0 Å². The topological polar surface area (TPSA) is 39.1 Å². The Kier molecular flexibility index (Phi) is 5.42. The molecule has 0 aliphatic heterocycles. The van der Waals surface area contributed by atoms with Crippen LogP contribution in [0.15, 0.2) is 39.5 Å². The van der Waals surface area contributed by atoms with Crippen LogP contribution in [0.3, 0.4) is 0 Å². The van der Waals surface area contributed by atoms with Gasteiger partial charge in [0.15, 0.2) is 0 Å². The maximum atomic E-state index is 5.28. The lowest BCUT2D eigenvalue weighted by Crippen LogP contribution is -2.19. The molecule has 1 heterocycles. The van der Waals surface area contributed by atoms with Gasteiger partial charge in [0.25, 0.3) is 0 Å². The summed E-state index contributed by atoms with van der Waals surface area (Å²) in [5.74, 6) is 0.820. The summed E-state index contributed by atoms with van der Waals surface area (Å²) < 4.78 is 9.09. The van der Waals surface area contributed by atoms with Crippen LogP contribution in [0.4, 0.5) is 0 Å². The number of hydrogen-bond acceptors (Lipinski definition) is 3. The van der Waals surface area contributed by atoms with E-state index in [4.69, 9.17) is 4.74 Å². The van der Waals surface area contributed by atoms with Crippen molar-refractivity contribution in [3.63, 3.8) is 0 Å². The van der Waals surface area contributed by atoms with Crippen LogP contribution in [-0.4, -0.2) is 23.4 Å². The molecule has 0 aliphatic carbocycles. The zero-order valence-electron chi connectivity index (χ0n) is 10.6. The molecule has 1 aromatic heterocycles. The quantitative estimate of drug-likeness (QED) is 0.772. The number of nitrogens with zero attached hydrogens (tertiary/aromatic N) is 2. The molecule has 102 valence electrons. The van der Waals surface area contributed by atoms with Crippen LogP contribution in [0.5, 0.6) is 5.75 Å². The molecule has 2 rings (SSSR count). The van der Waals surface area contributed by atoms with E-state index in [1.54, 1.807) is 13.3 Å². The molecule has 1 aromatic carbocycles. The Morgan fingerprint density at radius 1 is 1.32 bits per heavy atom. The second-order valence-electron chi connectivity index (χ2n) is 4.04. The van der Waals surface area contributed by atoms with Crippen molar-refractivity contribution in [2.24, 2.45) is 0 Å². The maximum Gasteiger partial charge on any atom is 0.147 e. The molecule has 0 saturated heterocycles. The van der Waals surface area contributed by atoms with E-state index in [9.17, 15) is 0 Å². The molecule has 0 aliphatic rings. The lowest BCUT2D eigenvalue weighted by Gasteiger charge is -2.10. The fourth-order valence-corrected chi connectivity index (χ4v) is 3.37. The van der Waals surface area contributed by atoms with E-state index in [1.807, 2.05) is 16.9 Å². The molecule has 0 radical (unpaired) electrons. The Balaban J connectivity index is 1.86. The Morgan fingerprint density at radius 3 is 2.63 bits per heavy atom. The number of rotatable bonds is 6. The van der Waals surface area contributed by atoms with Gasteiger partial charge in [-0.05, 0) is 55.6 Å². The van der Waals surface area contributed by atoms with Gasteiger partial charge in [0.2, 0.25) is 0 Å². The first-order valence-corrected chi connectivity index (χ1v) is 7.49. The van der Waals surface area contributed by atoms with Crippen molar-refractivity contribution in [3.05, 3.63) is 45.1 Å². The molecule has 19 heavy (non-hydrogen) atoms. The molecule has 4 nitrogen and oxygen atoms in total. The highest BCUT2D eigenvalue weighted by atomic mass is 79.9. The normalized spacial score (nSPS) is 10.7. The molecule has 6 heteroatoms. The lowest BCUT2D eigenvalue weighted by molar-refractivity contribution is 0.409. The minimum absolute atomic E-state index is 0.808. The van der Waals surface area contributed by atoms with Crippen LogP contribution in [0.1, 0.15) is 5.56 Å². The highest BCUT2D eigenvalue weighted by Gasteiger charge is 2.07. The van der Waals surface area contributed by atoms with Gasteiger partial charge >= 0.3 is 0 Å². The second-order valence-corrected chi connectivity index (χ2v) is 5.75. The first kappa shape index (κ1) is 14.6. The van der Waals surface area contributed by atoms with Gasteiger partial charge in [0.1, 0.15) is 5.75 Å². The molecule has 0 spiro atoms. The highest BCUT2D eigenvalue weighted by Crippen LogP contribution is 2.34. The smallest absolute Gasteiger partial charge is 0.147 e. The number of benzene rings is 1. The van der Waals surface area contributed by atoms with Gasteiger partial charge in [0, 0.05) is 25.5 Å². The Labute approximate surface area is 129 Å². The summed E-state index contributed by atoms with van der Waals surface area (Å²) in [6, 6.07) is 6.05. The standard InChI is InChI=1S/C13H15Br2N3O/c1-19-13-11(14)7-10(8-12(13)15)9-16-4-6-18-5-2-3-17-18/h2-3,5,7-8,16H,4,6,9H2,1H3. The molecule has 0 bridgehead atoms. The molecular weight excluding hydrogens is 374 g/mol. The van der Waals surface area contributed by atoms with Crippen LogP contribution in [0, 0.1) is 0 Å². The zero-order valence-corrected chi connectivity index (χ0v) is 13.7. The predicted octanol–water partition coefficient (Wildman–Crippen LogP) is 3.21. The Morgan fingerprint density at radius 2 is 2.05 bits per heavy atom. The van der Waals surface area contributed by atoms with Crippen LogP contribution in [0.25, 0.3) is 0 Å². The average molecular weight is 389 g/mol. The van der Waals surface area contributed by atoms with Gasteiger partial charge in [-0.2, -0.15) is 5.10 Å². The van der Waals surface area contributed by atoms with Crippen molar-refractivity contribution in [1.82, 2.24) is 15.1 Å². The summed E-state index contributed by atoms with van der Waals surface area (Å²) in [6.45, 7) is 2.55. The third-order valence-corrected chi connectivity index (χ3v) is 3.85. The fraction of sp³-hybridized carbons (Fsp3) is 0.308. The molecular formula is C13H15Br2N3O. The minimum Gasteiger partial charge on any atom is -0.494 e. The lowest BCUT2D eigenvalue weighted by atomic mass is 10.2. The summed E-state index contributed by atoms with van der Waals surface area (Å²) in [5.41, 5.74) is 1.19. The molecule has 0 amide bonds. The minimum atomic E-state index is 0.808. The monoisotopic (exact) mass is 387 g/mol. The summed E-state index contributed by atoms with van der Waals surface area (Å²) >= 11 is 7.00. The van der Waals surface area contributed by atoms with Crippen molar-refractivity contribution < 1.29 is 4.74 Å². The summed E-state index contributed by atoms with van der Waals surface area (Å²) in [6.07, 6.45) is 3.75. The number of ether oxygens (including phenoxy) is 1. The van der Waals surface area contributed by atoms with E-state index in [0.29, 0.717) is 0 Å². The number of halogens is 2. The molecule has 0 saturated carbocycles. The third kappa shape index (κ3) is 4.06. The van der Waals surface area contributed by atoms with E-state index in [2.05, 4.69) is 54.4 Å². The van der Waals surface area contributed by atoms with Gasteiger partial charge in [-0.25, -0.2) is 0 Å². The van der Waals surface area contributed by atoms with Crippen LogP contribution in [0.2, 0.25) is 0 Å². The van der Waals surface area contributed by atoms with Gasteiger partial charge in [0.05, 0.1) is 22.6 Å². The van der Waals surface area contributed by atoms with Crippen LogP contribution in [-0.2, 0) is 13.1 Å². The molecule has 0 unspecified atom stereocenters. The highest BCUT2D eigenvalue weighted by molar-refractivity contribution is 9.11. The van der Waals surface area contributed by atoms with E-state index in [-0.39, 0.29) is 0 Å². The first-order valence-electron chi connectivity index (χ1n) is 5.90. The Hall–Kier alpha value is -0.850. The number of hydrogen-bond donors (Lipinski definition) is 1. The van der Waals surface area contributed by atoms with E-state index in [1.165, 1.54) is 5.56 Å². The van der Waals surface area contributed by atoms with E-state index < -0.39 is 0 Å². The number of nitrogens with one attached hydrogen (secondary N) is 1. The van der Waals surface area contributed by atoms with Crippen LogP contribution < -0.4 is 10.1 Å². The summed E-state index contributed by atoms with van der Waals surface area (Å²) in [5, 5.41) is 7.55.